The van der Waals surface area contributed by atoms with E-state index in [1.807, 2.05) is 0 Å². The van der Waals surface area contributed by atoms with Crippen molar-refractivity contribution in [2.24, 2.45) is 5.92 Å². The number of carbonyl (C=O) groups excluding carboxylic acids is 3. The molecule has 0 saturated carbocycles. The Balaban J connectivity index is 5.09. The lowest BCUT2D eigenvalue weighted by Crippen LogP contribution is -2.39. The molecule has 0 aromatic carbocycles. The van der Waals surface area contributed by atoms with E-state index in [9.17, 15) is 14.4 Å². The fourth-order valence-electron chi connectivity index (χ4n) is 7.55. The molecule has 1 unspecified atom stereocenters. The summed E-state index contributed by atoms with van der Waals surface area (Å²) in [7, 11) is 0. The third kappa shape index (κ3) is 36.0. The molecule has 0 N–H and O–H groups in total. The minimum absolute atomic E-state index is 0.0191. The van der Waals surface area contributed by atoms with Crippen LogP contribution in [0.3, 0.4) is 0 Å². The Bertz CT molecular complexity index is 897. The number of likely N-dealkylation sites (N-methyl/N-ethyl adjacent to an activating group) is 1. The Labute approximate surface area is 359 Å². The van der Waals surface area contributed by atoms with Crippen LogP contribution >= 0.6 is 0 Å². The van der Waals surface area contributed by atoms with Gasteiger partial charge in [-0.15, -0.1) is 0 Å². The molecule has 9 heteroatoms. The molecule has 0 saturated heterocycles. The molecule has 0 radical (unpaired) electrons. The molecule has 0 aliphatic rings. The van der Waals surface area contributed by atoms with Crippen molar-refractivity contribution in [3.8, 4) is 0 Å². The van der Waals surface area contributed by atoms with E-state index in [4.69, 9.17) is 18.9 Å². The Hall–Kier alpha value is -1.87. The van der Waals surface area contributed by atoms with E-state index in [1.165, 1.54) is 96.3 Å². The Morgan fingerprint density at radius 2 is 0.845 bits per heavy atom. The van der Waals surface area contributed by atoms with Crippen LogP contribution in [0.15, 0.2) is 0 Å². The van der Waals surface area contributed by atoms with Crippen LogP contribution in [-0.2, 0) is 28.5 Å². The van der Waals surface area contributed by atoms with Crippen molar-refractivity contribution >= 4 is 18.1 Å². The number of ether oxygens (including phenoxy) is 4. The molecule has 0 rings (SSSR count). The summed E-state index contributed by atoms with van der Waals surface area (Å²) in [6.45, 7) is 19.0. The molecule has 0 fully saturated rings. The summed E-state index contributed by atoms with van der Waals surface area (Å²) in [5, 5.41) is 0. The van der Waals surface area contributed by atoms with Gasteiger partial charge in [-0.05, 0) is 58.0 Å². The lowest BCUT2D eigenvalue weighted by Gasteiger charge is -2.26. The summed E-state index contributed by atoms with van der Waals surface area (Å²) in [4.78, 5) is 43.3. The highest BCUT2D eigenvalue weighted by Crippen LogP contribution is 2.21. The Kier molecular flexibility index (Phi) is 41.8. The fourth-order valence-corrected chi connectivity index (χ4v) is 7.55. The molecule has 58 heavy (non-hydrogen) atoms. The topological polar surface area (TPSA) is 94.6 Å². The molecule has 0 aromatic rings. The molecule has 1 atom stereocenters. The van der Waals surface area contributed by atoms with E-state index < -0.39 is 6.16 Å². The highest BCUT2D eigenvalue weighted by atomic mass is 16.7. The molecule has 0 aliphatic heterocycles. The minimum atomic E-state index is -0.649. The van der Waals surface area contributed by atoms with Gasteiger partial charge in [0.2, 0.25) is 0 Å². The van der Waals surface area contributed by atoms with Gasteiger partial charge in [0.25, 0.3) is 0 Å². The Morgan fingerprint density at radius 3 is 1.38 bits per heavy atom. The van der Waals surface area contributed by atoms with Crippen LogP contribution in [-0.4, -0.2) is 93.1 Å². The number of rotatable bonds is 44. The number of esters is 2. The van der Waals surface area contributed by atoms with Crippen LogP contribution in [0.25, 0.3) is 0 Å². The summed E-state index contributed by atoms with van der Waals surface area (Å²) in [6.07, 6.45) is 30.7. The molecule has 344 valence electrons. The monoisotopic (exact) mass is 825 g/mol. The van der Waals surface area contributed by atoms with Crippen LogP contribution in [0.2, 0.25) is 0 Å². The molecular formula is C49H96N2O7. The number of unbranched alkanes of at least 4 members (excludes halogenated alkanes) is 19. The zero-order chi connectivity index (χ0) is 42.7. The van der Waals surface area contributed by atoms with Gasteiger partial charge in [0, 0.05) is 32.6 Å². The van der Waals surface area contributed by atoms with Crippen LogP contribution in [0.1, 0.15) is 228 Å². The second-order valence-corrected chi connectivity index (χ2v) is 16.8. The van der Waals surface area contributed by atoms with E-state index in [-0.39, 0.29) is 30.6 Å². The van der Waals surface area contributed by atoms with E-state index >= 15 is 0 Å². The highest BCUT2D eigenvalue weighted by molar-refractivity contribution is 5.72. The minimum Gasteiger partial charge on any atom is -0.466 e. The second kappa shape index (κ2) is 43.2. The Morgan fingerprint density at radius 1 is 0.414 bits per heavy atom. The summed E-state index contributed by atoms with van der Waals surface area (Å²) in [6, 6.07) is 0. The van der Waals surface area contributed by atoms with Crippen LogP contribution in [0.5, 0.6) is 0 Å². The maximum atomic E-state index is 13.5. The smallest absolute Gasteiger partial charge is 0.466 e. The predicted molar refractivity (Wildman–Crippen MR) is 242 cm³/mol. The molecule has 9 nitrogen and oxygen atoms in total. The summed E-state index contributed by atoms with van der Waals surface area (Å²) in [5.74, 6) is -0.231. The number of hydrogen-bond acceptors (Lipinski definition) is 9. The number of carbonyl (C=O) groups is 3. The van der Waals surface area contributed by atoms with Crippen molar-refractivity contribution in [1.82, 2.24) is 9.80 Å². The average Bonchev–Trinajstić information content (AvgIpc) is 3.22. The van der Waals surface area contributed by atoms with Gasteiger partial charge in [0.05, 0.1) is 12.5 Å². The zero-order valence-corrected chi connectivity index (χ0v) is 39.3. The van der Waals surface area contributed by atoms with Gasteiger partial charge in [0.1, 0.15) is 19.3 Å². The van der Waals surface area contributed by atoms with Gasteiger partial charge >= 0.3 is 18.1 Å². The summed E-state index contributed by atoms with van der Waals surface area (Å²) < 4.78 is 22.9. The molecule has 0 aliphatic carbocycles. The predicted octanol–water partition coefficient (Wildman–Crippen LogP) is 13.2. The molecule has 0 heterocycles. The van der Waals surface area contributed by atoms with Gasteiger partial charge in [-0.3, -0.25) is 14.5 Å². The van der Waals surface area contributed by atoms with Crippen molar-refractivity contribution < 1.29 is 33.3 Å². The van der Waals surface area contributed by atoms with Gasteiger partial charge < -0.3 is 23.8 Å². The summed E-state index contributed by atoms with van der Waals surface area (Å²) >= 11 is 0. The molecule has 0 aromatic heterocycles. The van der Waals surface area contributed by atoms with Gasteiger partial charge in [-0.1, -0.05) is 176 Å². The highest BCUT2D eigenvalue weighted by Gasteiger charge is 2.21. The van der Waals surface area contributed by atoms with E-state index in [0.29, 0.717) is 45.6 Å². The van der Waals surface area contributed by atoms with E-state index in [2.05, 4.69) is 51.3 Å². The zero-order valence-electron chi connectivity index (χ0n) is 39.3. The molecular weight excluding hydrogens is 729 g/mol. The first kappa shape index (κ1) is 56.1. The van der Waals surface area contributed by atoms with E-state index in [0.717, 1.165) is 96.8 Å². The van der Waals surface area contributed by atoms with Crippen molar-refractivity contribution in [2.75, 3.05) is 59.1 Å². The number of hydrogen-bond donors (Lipinski definition) is 0. The molecule has 0 spiro atoms. The fraction of sp³-hybridized carbons (Fsp3) is 0.939. The maximum Gasteiger partial charge on any atom is 0.508 e. The third-order valence-corrected chi connectivity index (χ3v) is 11.6. The first-order chi connectivity index (χ1) is 28.3. The lowest BCUT2D eigenvalue weighted by atomic mass is 9.94. The van der Waals surface area contributed by atoms with Crippen molar-refractivity contribution in [3.05, 3.63) is 0 Å². The number of nitrogens with zero attached hydrogens (tertiary/aromatic N) is 2. The van der Waals surface area contributed by atoms with Crippen LogP contribution in [0, 0.1) is 5.92 Å². The third-order valence-electron chi connectivity index (χ3n) is 11.6. The van der Waals surface area contributed by atoms with Crippen LogP contribution < -0.4 is 0 Å². The SMILES string of the molecule is CCCCCCCCCC(CCCCCCCCC)C(=O)OCCN(CCOC(=O)OC(CCCCCC)CCCC(=O)OCCCCCCC)CCN(CC)CC. The normalized spacial score (nSPS) is 12.1. The van der Waals surface area contributed by atoms with Crippen molar-refractivity contribution in [3.63, 3.8) is 0 Å². The van der Waals surface area contributed by atoms with Crippen LogP contribution in [0.4, 0.5) is 4.79 Å². The van der Waals surface area contributed by atoms with Gasteiger partial charge in [-0.2, -0.15) is 0 Å². The van der Waals surface area contributed by atoms with Crippen molar-refractivity contribution in [1.29, 1.82) is 0 Å². The standard InChI is InChI=1S/C49H96N2O7/c1-7-13-17-21-23-25-28-33-45(34-29-26-24-22-18-14-8-2)48(53)56-43-40-51(39-38-50(11-5)12-6)41-44-57-49(54)58-46(35-30-20-16-10-4)36-32-37-47(52)55-42-31-27-19-15-9-3/h45-46H,7-44H2,1-6H3. The quantitative estimate of drug-likeness (QED) is 0.0338. The van der Waals surface area contributed by atoms with Gasteiger partial charge in [0.15, 0.2) is 0 Å². The second-order valence-electron chi connectivity index (χ2n) is 16.8. The first-order valence-electron chi connectivity index (χ1n) is 24.9. The first-order valence-corrected chi connectivity index (χ1v) is 24.9. The maximum absolute atomic E-state index is 13.5. The lowest BCUT2D eigenvalue weighted by molar-refractivity contribution is -0.149. The van der Waals surface area contributed by atoms with Crippen molar-refractivity contribution in [2.45, 2.75) is 234 Å². The summed E-state index contributed by atoms with van der Waals surface area (Å²) in [5.41, 5.74) is 0. The largest absolute Gasteiger partial charge is 0.508 e. The average molecular weight is 825 g/mol. The molecule has 0 amide bonds. The van der Waals surface area contributed by atoms with Gasteiger partial charge in [-0.25, -0.2) is 4.79 Å². The molecule has 0 bridgehead atoms. The van der Waals surface area contributed by atoms with E-state index in [1.54, 1.807) is 0 Å².